The van der Waals surface area contributed by atoms with E-state index < -0.39 is 107 Å². The lowest BCUT2D eigenvalue weighted by molar-refractivity contribution is -0.237. The first-order chi connectivity index (χ1) is 32.2. The standard InChI is InChI=1S/C42H52N6O18S2/c1-21(49)57-17-33-35(59-23(3)51)37(61-25(5)53)39(63-27(7)55)41(65-33)67-19-31-15-47(45-43-31)13-29-9-11-30(12-10-29)14-48-16-32(44-46-48)20-68-42-40(64-28(8)56)38(62-26(6)54)36(60-24(4)52)34(66-42)18-58-22(2)50/h9-12,15-16,33-42H,13-14,17-20H2,1-8H3/t33-,34-,35-,36-,37+,38+,39+,40+,41-,42-/m1/s1. The molecular formula is C42H52N6O18S2. The van der Waals surface area contributed by atoms with Crippen LogP contribution >= 0.6 is 23.5 Å². The second-order valence-corrected chi connectivity index (χ2v) is 17.6. The van der Waals surface area contributed by atoms with Gasteiger partial charge in [0.2, 0.25) is 0 Å². The van der Waals surface area contributed by atoms with Crippen LogP contribution in [0, 0.1) is 0 Å². The van der Waals surface area contributed by atoms with Crippen LogP contribution in [0.5, 0.6) is 0 Å². The number of ether oxygens (including phenoxy) is 10. The second-order valence-electron chi connectivity index (χ2n) is 15.4. The maximum absolute atomic E-state index is 12.2. The van der Waals surface area contributed by atoms with Crippen molar-refractivity contribution in [2.24, 2.45) is 0 Å². The summed E-state index contributed by atoms with van der Waals surface area (Å²) in [7, 11) is 0. The molecule has 2 aliphatic rings. The summed E-state index contributed by atoms with van der Waals surface area (Å²) in [6, 6.07) is 7.67. The number of nitrogens with zero attached hydrogens (tertiary/aromatic N) is 6. The van der Waals surface area contributed by atoms with Gasteiger partial charge in [0.05, 0.1) is 24.5 Å². The fourth-order valence-electron chi connectivity index (χ4n) is 7.07. The summed E-state index contributed by atoms with van der Waals surface area (Å²) >= 11 is 2.32. The van der Waals surface area contributed by atoms with Crippen LogP contribution in [0.25, 0.3) is 0 Å². The molecule has 5 rings (SSSR count). The summed E-state index contributed by atoms with van der Waals surface area (Å²) in [5.41, 5.74) is 0.922. The SMILES string of the molecule is CC(=O)OC[C@H]1O[C@H](SCc2cn(Cc3ccc(Cn4cc(CS[C@H]5O[C@H](COC(C)=O)[C@@H](OC(C)=O)[C@H](OC(C)=O)[C@@H]5OC(C)=O)nn4)cc3)nn2)[C@@H](OC(C)=O)[C@@H](OC(C)=O)[C@@H]1OC(C)=O. The summed E-state index contributed by atoms with van der Waals surface area (Å²) in [5, 5.41) is 17.0. The molecule has 2 fully saturated rings. The first-order valence-corrected chi connectivity index (χ1v) is 23.0. The van der Waals surface area contributed by atoms with E-state index in [1.807, 2.05) is 24.3 Å². The number of hydrogen-bond donors (Lipinski definition) is 0. The molecule has 0 bridgehead atoms. The zero-order valence-electron chi connectivity index (χ0n) is 38.3. The first kappa shape index (κ1) is 52.8. The zero-order valence-corrected chi connectivity index (χ0v) is 40.0. The molecule has 1 aromatic carbocycles. The molecule has 24 nitrogen and oxygen atoms in total. The Morgan fingerprint density at radius 2 is 0.779 bits per heavy atom. The molecule has 0 amide bonds. The third-order valence-corrected chi connectivity index (χ3v) is 11.9. The van der Waals surface area contributed by atoms with Gasteiger partial charge in [0.25, 0.3) is 0 Å². The number of rotatable bonds is 20. The topological polar surface area (TPSA) is 290 Å². The van der Waals surface area contributed by atoms with Crippen molar-refractivity contribution in [1.82, 2.24) is 30.0 Å². The Labute approximate surface area is 397 Å². The summed E-state index contributed by atoms with van der Waals surface area (Å²) in [6.07, 6.45) is -6.22. The Hall–Kier alpha value is -6.12. The third kappa shape index (κ3) is 16.0. The molecule has 370 valence electrons. The van der Waals surface area contributed by atoms with Crippen molar-refractivity contribution in [3.63, 3.8) is 0 Å². The number of carbonyl (C=O) groups excluding carboxylic acids is 8. The number of carbonyl (C=O) groups is 8. The van der Waals surface area contributed by atoms with Crippen LogP contribution in [0.1, 0.15) is 77.9 Å². The summed E-state index contributed by atoms with van der Waals surface area (Å²) in [6.45, 7) is 9.38. The van der Waals surface area contributed by atoms with Crippen LogP contribution in [-0.2, 0) is 110 Å². The molecule has 68 heavy (non-hydrogen) atoms. The third-order valence-electron chi connectivity index (χ3n) is 9.57. The highest BCUT2D eigenvalue weighted by atomic mass is 32.2. The van der Waals surface area contributed by atoms with E-state index in [-0.39, 0.29) is 24.7 Å². The van der Waals surface area contributed by atoms with E-state index in [1.165, 1.54) is 27.7 Å². The molecule has 0 N–H and O–H groups in total. The molecule has 2 aliphatic heterocycles. The van der Waals surface area contributed by atoms with Gasteiger partial charge in [-0.05, 0) is 11.1 Å². The largest absolute Gasteiger partial charge is 0.463 e. The Morgan fingerprint density at radius 3 is 1.09 bits per heavy atom. The first-order valence-electron chi connectivity index (χ1n) is 20.9. The van der Waals surface area contributed by atoms with Crippen molar-refractivity contribution in [1.29, 1.82) is 0 Å². The number of benzene rings is 1. The van der Waals surface area contributed by atoms with Crippen molar-refractivity contribution in [2.45, 2.75) is 140 Å². The molecule has 0 radical (unpaired) electrons. The molecule has 0 unspecified atom stereocenters. The number of thioether (sulfide) groups is 2. The highest BCUT2D eigenvalue weighted by Crippen LogP contribution is 2.37. The number of esters is 8. The molecule has 0 saturated carbocycles. The lowest BCUT2D eigenvalue weighted by Crippen LogP contribution is -2.61. The van der Waals surface area contributed by atoms with E-state index >= 15 is 0 Å². The minimum Gasteiger partial charge on any atom is -0.463 e. The maximum atomic E-state index is 12.2. The Balaban J connectivity index is 1.20. The van der Waals surface area contributed by atoms with Gasteiger partial charge >= 0.3 is 47.8 Å². The van der Waals surface area contributed by atoms with Crippen LogP contribution in [0.15, 0.2) is 36.7 Å². The summed E-state index contributed by atoms with van der Waals surface area (Å²) in [5.74, 6) is -5.15. The van der Waals surface area contributed by atoms with E-state index in [2.05, 4.69) is 20.6 Å². The van der Waals surface area contributed by atoms with E-state index in [1.54, 1.807) is 21.8 Å². The van der Waals surface area contributed by atoms with Gasteiger partial charge in [0.1, 0.15) is 36.3 Å². The number of aromatic nitrogens is 6. The van der Waals surface area contributed by atoms with Gasteiger partial charge in [-0.15, -0.1) is 33.7 Å². The van der Waals surface area contributed by atoms with Gasteiger partial charge in [-0.25, -0.2) is 9.36 Å². The van der Waals surface area contributed by atoms with Crippen LogP contribution in [-0.4, -0.2) is 151 Å². The minimum absolute atomic E-state index is 0.202. The molecule has 2 aromatic heterocycles. The van der Waals surface area contributed by atoms with E-state index in [9.17, 15) is 38.4 Å². The van der Waals surface area contributed by atoms with Crippen LogP contribution in [0.4, 0.5) is 0 Å². The Bertz CT molecular complexity index is 2120. The number of hydrogen-bond acceptors (Lipinski definition) is 24. The van der Waals surface area contributed by atoms with Crippen molar-refractivity contribution in [3.05, 3.63) is 59.2 Å². The molecule has 26 heteroatoms. The molecule has 3 aromatic rings. The van der Waals surface area contributed by atoms with Gasteiger partial charge < -0.3 is 47.4 Å². The highest BCUT2D eigenvalue weighted by molar-refractivity contribution is 7.99. The molecule has 0 spiro atoms. The lowest BCUT2D eigenvalue weighted by Gasteiger charge is -2.44. The Kier molecular flexibility index (Phi) is 19.2. The van der Waals surface area contributed by atoms with Crippen molar-refractivity contribution >= 4 is 71.3 Å². The van der Waals surface area contributed by atoms with Crippen molar-refractivity contribution in [3.8, 4) is 0 Å². The van der Waals surface area contributed by atoms with Crippen molar-refractivity contribution < 1.29 is 85.7 Å². The normalized spacial score (nSPS) is 24.4. The summed E-state index contributed by atoms with van der Waals surface area (Å²) < 4.78 is 58.9. The van der Waals surface area contributed by atoms with Gasteiger partial charge in [-0.1, -0.05) is 34.7 Å². The van der Waals surface area contributed by atoms with Crippen LogP contribution in [0.3, 0.4) is 0 Å². The fourth-order valence-corrected chi connectivity index (χ4v) is 9.25. The van der Waals surface area contributed by atoms with E-state index in [4.69, 9.17) is 47.4 Å². The smallest absolute Gasteiger partial charge is 0.303 e. The molecule has 0 aliphatic carbocycles. The molecular weight excluding hydrogens is 941 g/mol. The highest BCUT2D eigenvalue weighted by Gasteiger charge is 2.53. The maximum Gasteiger partial charge on any atom is 0.303 e. The molecule has 10 atom stereocenters. The predicted molar refractivity (Wildman–Crippen MR) is 231 cm³/mol. The molecule has 2 saturated heterocycles. The van der Waals surface area contributed by atoms with Gasteiger partial charge in [0, 0.05) is 79.3 Å². The van der Waals surface area contributed by atoms with Gasteiger partial charge in [-0.2, -0.15) is 0 Å². The van der Waals surface area contributed by atoms with Gasteiger partial charge in [0.15, 0.2) is 36.6 Å². The second kappa shape index (κ2) is 24.8. The van der Waals surface area contributed by atoms with Crippen molar-refractivity contribution in [2.75, 3.05) is 13.2 Å². The Morgan fingerprint density at radius 1 is 0.471 bits per heavy atom. The fraction of sp³-hybridized carbons (Fsp3) is 0.571. The lowest BCUT2D eigenvalue weighted by atomic mass is 9.99. The molecule has 4 heterocycles. The minimum atomic E-state index is -1.29. The average molecular weight is 993 g/mol. The van der Waals surface area contributed by atoms with Gasteiger partial charge in [-0.3, -0.25) is 38.4 Å². The average Bonchev–Trinajstić information content (AvgIpc) is 3.90. The zero-order chi connectivity index (χ0) is 49.7. The quantitative estimate of drug-likeness (QED) is 0.115. The van der Waals surface area contributed by atoms with Crippen LogP contribution < -0.4 is 0 Å². The monoisotopic (exact) mass is 992 g/mol. The predicted octanol–water partition coefficient (Wildman–Crippen LogP) is 1.60. The summed E-state index contributed by atoms with van der Waals surface area (Å²) in [4.78, 5) is 96.2. The van der Waals surface area contributed by atoms with E-state index in [0.29, 0.717) is 24.5 Å². The van der Waals surface area contributed by atoms with Crippen LogP contribution in [0.2, 0.25) is 0 Å². The van der Waals surface area contributed by atoms with E-state index in [0.717, 1.165) is 62.3 Å².